The molecule has 0 saturated heterocycles. The summed E-state index contributed by atoms with van der Waals surface area (Å²) in [6, 6.07) is 6.14. The van der Waals surface area contributed by atoms with Crippen molar-refractivity contribution in [3.63, 3.8) is 0 Å². The number of hydrogen-bond acceptors (Lipinski definition) is 2. The van der Waals surface area contributed by atoms with E-state index in [0.29, 0.717) is 10.8 Å². The molecule has 0 unspecified atom stereocenters. The Morgan fingerprint density at radius 2 is 1.78 bits per heavy atom. The highest BCUT2D eigenvalue weighted by Gasteiger charge is 2.11. The first kappa shape index (κ1) is 14.6. The molecule has 3 nitrogen and oxygen atoms in total. The molecule has 0 aliphatic heterocycles. The second kappa shape index (κ2) is 5.95. The molecule has 1 rings (SSSR count). The Morgan fingerprint density at radius 1 is 1.22 bits per heavy atom. The quantitative estimate of drug-likeness (QED) is 0.828. The lowest BCUT2D eigenvalue weighted by Crippen LogP contribution is -2.42. The van der Waals surface area contributed by atoms with Crippen LogP contribution in [0.15, 0.2) is 24.3 Å². The Morgan fingerprint density at radius 3 is 2.22 bits per heavy atom. The molecule has 18 heavy (non-hydrogen) atoms. The molecular formula is C12H16F2N2OS. The van der Waals surface area contributed by atoms with Gasteiger partial charge in [-0.05, 0) is 57.3 Å². The van der Waals surface area contributed by atoms with Crippen LogP contribution in [-0.2, 0) is 0 Å². The zero-order valence-electron chi connectivity index (χ0n) is 10.5. The summed E-state index contributed by atoms with van der Waals surface area (Å²) in [5.74, 6) is 0.116. The number of nitrogens with one attached hydrogen (secondary N) is 2. The smallest absolute Gasteiger partial charge is 0.387 e. The fourth-order valence-corrected chi connectivity index (χ4v) is 1.65. The predicted octanol–water partition coefficient (Wildman–Crippen LogP) is 3.37. The molecule has 0 heterocycles. The van der Waals surface area contributed by atoms with Crippen LogP contribution in [0.5, 0.6) is 5.75 Å². The largest absolute Gasteiger partial charge is 0.435 e. The second-order valence-electron chi connectivity index (χ2n) is 4.73. The molecular weight excluding hydrogens is 258 g/mol. The summed E-state index contributed by atoms with van der Waals surface area (Å²) >= 11 is 5.11. The zero-order valence-corrected chi connectivity index (χ0v) is 11.3. The standard InChI is InChI=1S/C12H16F2N2OS/c1-12(2,3)16-11(18)15-8-4-6-9(7-5-8)17-10(13)14/h4-7,10H,1-3H3,(H2,15,16,18). The molecule has 0 radical (unpaired) electrons. The van der Waals surface area contributed by atoms with Gasteiger partial charge in [0.25, 0.3) is 0 Å². The molecule has 0 aliphatic rings. The summed E-state index contributed by atoms with van der Waals surface area (Å²) in [5.41, 5.74) is 0.571. The van der Waals surface area contributed by atoms with Crippen molar-refractivity contribution < 1.29 is 13.5 Å². The second-order valence-corrected chi connectivity index (χ2v) is 5.14. The molecule has 100 valence electrons. The van der Waals surface area contributed by atoms with Gasteiger partial charge in [-0.15, -0.1) is 0 Å². The summed E-state index contributed by atoms with van der Waals surface area (Å²) < 4.78 is 28.1. The van der Waals surface area contributed by atoms with Crippen molar-refractivity contribution in [1.29, 1.82) is 0 Å². The Hall–Kier alpha value is -1.43. The average molecular weight is 274 g/mol. The lowest BCUT2D eigenvalue weighted by molar-refractivity contribution is -0.0498. The molecule has 0 atom stereocenters. The van der Waals surface area contributed by atoms with E-state index in [1.54, 1.807) is 12.1 Å². The summed E-state index contributed by atoms with van der Waals surface area (Å²) in [4.78, 5) is 0. The van der Waals surface area contributed by atoms with Crippen molar-refractivity contribution in [3.05, 3.63) is 24.3 Å². The molecule has 1 aromatic carbocycles. The maximum atomic E-state index is 11.9. The Kier molecular flexibility index (Phi) is 4.84. The van der Waals surface area contributed by atoms with Gasteiger partial charge in [0, 0.05) is 11.2 Å². The highest BCUT2D eigenvalue weighted by Crippen LogP contribution is 2.17. The molecule has 6 heteroatoms. The van der Waals surface area contributed by atoms with Crippen LogP contribution in [-0.4, -0.2) is 17.3 Å². The fraction of sp³-hybridized carbons (Fsp3) is 0.417. The number of hydrogen-bond donors (Lipinski definition) is 2. The zero-order chi connectivity index (χ0) is 13.8. The van der Waals surface area contributed by atoms with Gasteiger partial charge in [0.05, 0.1) is 0 Å². The minimum Gasteiger partial charge on any atom is -0.435 e. The van der Waals surface area contributed by atoms with E-state index in [-0.39, 0.29) is 11.3 Å². The van der Waals surface area contributed by atoms with Crippen LogP contribution >= 0.6 is 12.2 Å². The van der Waals surface area contributed by atoms with E-state index in [1.165, 1.54) is 12.1 Å². The summed E-state index contributed by atoms with van der Waals surface area (Å²) in [7, 11) is 0. The van der Waals surface area contributed by atoms with Crippen LogP contribution in [0.3, 0.4) is 0 Å². The van der Waals surface area contributed by atoms with Gasteiger partial charge in [-0.1, -0.05) is 0 Å². The van der Waals surface area contributed by atoms with E-state index >= 15 is 0 Å². The highest BCUT2D eigenvalue weighted by atomic mass is 32.1. The van der Waals surface area contributed by atoms with Crippen LogP contribution in [0, 0.1) is 0 Å². The third-order valence-corrected chi connectivity index (χ3v) is 2.03. The SMILES string of the molecule is CC(C)(C)NC(=S)Nc1ccc(OC(F)F)cc1. The van der Waals surface area contributed by atoms with E-state index in [9.17, 15) is 8.78 Å². The average Bonchev–Trinajstić information content (AvgIpc) is 2.17. The maximum absolute atomic E-state index is 11.9. The Balaban J connectivity index is 2.56. The topological polar surface area (TPSA) is 33.3 Å². The number of ether oxygens (including phenoxy) is 1. The molecule has 0 aromatic heterocycles. The Labute approximate surface area is 111 Å². The van der Waals surface area contributed by atoms with E-state index in [2.05, 4.69) is 15.4 Å². The predicted molar refractivity (Wildman–Crippen MR) is 72.2 cm³/mol. The molecule has 2 N–H and O–H groups in total. The van der Waals surface area contributed by atoms with Gasteiger partial charge in [-0.2, -0.15) is 8.78 Å². The van der Waals surface area contributed by atoms with Crippen molar-refractivity contribution in [1.82, 2.24) is 5.32 Å². The van der Waals surface area contributed by atoms with Gasteiger partial charge < -0.3 is 15.4 Å². The van der Waals surface area contributed by atoms with Crippen LogP contribution in [0.4, 0.5) is 14.5 Å². The summed E-state index contributed by atoms with van der Waals surface area (Å²) in [6.07, 6.45) is 0. The van der Waals surface area contributed by atoms with Gasteiger partial charge in [0.1, 0.15) is 5.75 Å². The van der Waals surface area contributed by atoms with E-state index in [0.717, 1.165) is 0 Å². The van der Waals surface area contributed by atoms with Crippen LogP contribution in [0.2, 0.25) is 0 Å². The number of benzene rings is 1. The number of alkyl halides is 2. The summed E-state index contributed by atoms with van der Waals surface area (Å²) in [5, 5.41) is 6.52. The molecule has 0 fully saturated rings. The van der Waals surface area contributed by atoms with Crippen molar-refractivity contribution >= 4 is 23.0 Å². The normalized spacial score (nSPS) is 11.2. The summed E-state index contributed by atoms with van der Waals surface area (Å²) in [6.45, 7) is 3.15. The number of halogens is 2. The van der Waals surface area contributed by atoms with Gasteiger partial charge in [0.2, 0.25) is 0 Å². The van der Waals surface area contributed by atoms with Crippen LogP contribution in [0.1, 0.15) is 20.8 Å². The first-order chi connectivity index (χ1) is 8.26. The number of rotatable bonds is 3. The lowest BCUT2D eigenvalue weighted by atomic mass is 10.1. The van der Waals surface area contributed by atoms with Gasteiger partial charge >= 0.3 is 6.61 Å². The third kappa shape index (κ3) is 5.77. The van der Waals surface area contributed by atoms with Gasteiger partial charge in [-0.3, -0.25) is 0 Å². The minimum atomic E-state index is -2.81. The van der Waals surface area contributed by atoms with Crippen LogP contribution < -0.4 is 15.4 Å². The lowest BCUT2D eigenvalue weighted by Gasteiger charge is -2.23. The minimum absolute atomic E-state index is 0.116. The molecule has 0 saturated carbocycles. The monoisotopic (exact) mass is 274 g/mol. The van der Waals surface area contributed by atoms with Gasteiger partial charge in [-0.25, -0.2) is 0 Å². The van der Waals surface area contributed by atoms with Crippen molar-refractivity contribution in [2.24, 2.45) is 0 Å². The van der Waals surface area contributed by atoms with Crippen LogP contribution in [0.25, 0.3) is 0 Å². The van der Waals surface area contributed by atoms with Crippen molar-refractivity contribution in [2.75, 3.05) is 5.32 Å². The van der Waals surface area contributed by atoms with E-state index in [4.69, 9.17) is 12.2 Å². The van der Waals surface area contributed by atoms with Crippen molar-refractivity contribution in [2.45, 2.75) is 32.9 Å². The number of thiocarbonyl (C=S) groups is 1. The molecule has 0 bridgehead atoms. The van der Waals surface area contributed by atoms with E-state index < -0.39 is 6.61 Å². The maximum Gasteiger partial charge on any atom is 0.387 e. The highest BCUT2D eigenvalue weighted by molar-refractivity contribution is 7.80. The van der Waals surface area contributed by atoms with Crippen molar-refractivity contribution in [3.8, 4) is 5.75 Å². The molecule has 1 aromatic rings. The van der Waals surface area contributed by atoms with Gasteiger partial charge in [0.15, 0.2) is 5.11 Å². The molecule has 0 aliphatic carbocycles. The first-order valence-electron chi connectivity index (χ1n) is 5.40. The molecule has 0 spiro atoms. The van der Waals surface area contributed by atoms with E-state index in [1.807, 2.05) is 20.8 Å². The molecule has 0 amide bonds. The first-order valence-corrected chi connectivity index (χ1v) is 5.81. The third-order valence-electron chi connectivity index (χ3n) is 1.83. The Bertz CT molecular complexity index is 402. The fourth-order valence-electron chi connectivity index (χ4n) is 1.22. The number of anilines is 1.